The van der Waals surface area contributed by atoms with Crippen molar-refractivity contribution in [3.8, 4) is 11.6 Å². The molecule has 1 aromatic carbocycles. The number of tetrazole rings is 1. The zero-order valence-corrected chi connectivity index (χ0v) is 15.1. The lowest BCUT2D eigenvalue weighted by atomic mass is 10.1. The Morgan fingerprint density at radius 3 is 2.62 bits per heavy atom. The van der Waals surface area contributed by atoms with Gasteiger partial charge in [0.2, 0.25) is 5.88 Å². The van der Waals surface area contributed by atoms with E-state index in [9.17, 15) is 4.79 Å². The van der Waals surface area contributed by atoms with Crippen LogP contribution in [0.2, 0.25) is 0 Å². The Bertz CT molecular complexity index is 948. The van der Waals surface area contributed by atoms with E-state index in [-0.39, 0.29) is 12.3 Å². The van der Waals surface area contributed by atoms with Gasteiger partial charge in [0.05, 0.1) is 11.4 Å². The van der Waals surface area contributed by atoms with Crippen LogP contribution < -0.4 is 10.4 Å². The van der Waals surface area contributed by atoms with Gasteiger partial charge in [-0.15, -0.1) is 0 Å². The van der Waals surface area contributed by atoms with E-state index in [4.69, 9.17) is 4.74 Å². The van der Waals surface area contributed by atoms with Crippen molar-refractivity contribution in [1.82, 2.24) is 24.8 Å². The first kappa shape index (κ1) is 16.4. The Morgan fingerprint density at radius 2 is 1.96 bits per heavy atom. The van der Waals surface area contributed by atoms with Crippen LogP contribution in [0.3, 0.4) is 0 Å². The van der Waals surface area contributed by atoms with Crippen LogP contribution in [-0.2, 0) is 13.7 Å². The number of aromatic nitrogens is 5. The van der Waals surface area contributed by atoms with Gasteiger partial charge in [-0.1, -0.05) is 12.1 Å². The monoisotopic (exact) mass is 389 g/mol. The summed E-state index contributed by atoms with van der Waals surface area (Å²) < 4.78 is 9.20. The molecule has 0 amide bonds. The molecule has 0 radical (unpaired) electrons. The van der Waals surface area contributed by atoms with Crippen LogP contribution in [0, 0.1) is 13.8 Å². The summed E-state index contributed by atoms with van der Waals surface area (Å²) in [6, 6.07) is 9.34. The number of halogens is 1. The zero-order valence-electron chi connectivity index (χ0n) is 13.5. The molecule has 0 fully saturated rings. The van der Waals surface area contributed by atoms with Crippen molar-refractivity contribution < 1.29 is 4.74 Å². The zero-order chi connectivity index (χ0) is 17.3. The van der Waals surface area contributed by atoms with E-state index < -0.39 is 0 Å². The fourth-order valence-electron chi connectivity index (χ4n) is 2.29. The van der Waals surface area contributed by atoms with Crippen molar-refractivity contribution in [3.63, 3.8) is 0 Å². The third-order valence-corrected chi connectivity index (χ3v) is 4.53. The summed E-state index contributed by atoms with van der Waals surface area (Å²) in [6.45, 7) is 4.14. The van der Waals surface area contributed by atoms with Crippen molar-refractivity contribution in [2.75, 3.05) is 0 Å². The van der Waals surface area contributed by atoms with Crippen LogP contribution in [0.4, 0.5) is 0 Å². The summed E-state index contributed by atoms with van der Waals surface area (Å²) in [5.41, 5.74) is 3.06. The van der Waals surface area contributed by atoms with Gasteiger partial charge in [0.1, 0.15) is 6.61 Å². The first-order valence-electron chi connectivity index (χ1n) is 7.31. The molecule has 0 aliphatic carbocycles. The number of nitrogens with zero attached hydrogens (tertiary/aromatic N) is 5. The second-order valence-electron chi connectivity index (χ2n) is 5.37. The van der Waals surface area contributed by atoms with Crippen molar-refractivity contribution in [2.45, 2.75) is 20.5 Å². The van der Waals surface area contributed by atoms with E-state index in [1.54, 1.807) is 13.1 Å². The van der Waals surface area contributed by atoms with Gasteiger partial charge in [0.15, 0.2) is 0 Å². The Morgan fingerprint density at radius 1 is 1.17 bits per heavy atom. The van der Waals surface area contributed by atoms with Gasteiger partial charge < -0.3 is 4.74 Å². The molecule has 0 spiro atoms. The molecule has 0 atom stereocenters. The second-order valence-corrected chi connectivity index (χ2v) is 6.23. The molecule has 0 N–H and O–H groups in total. The number of rotatable bonds is 4. The Hall–Kier alpha value is -2.48. The van der Waals surface area contributed by atoms with Crippen LogP contribution in [0.15, 0.2) is 39.6 Å². The summed E-state index contributed by atoms with van der Waals surface area (Å²) in [6.07, 6.45) is 0. The van der Waals surface area contributed by atoms with E-state index in [1.165, 1.54) is 9.36 Å². The number of ether oxygens (including phenoxy) is 1. The van der Waals surface area contributed by atoms with E-state index in [0.29, 0.717) is 11.6 Å². The quantitative estimate of drug-likeness (QED) is 0.684. The Labute approximate surface area is 147 Å². The third kappa shape index (κ3) is 3.09. The molecule has 3 aromatic rings. The predicted molar refractivity (Wildman–Crippen MR) is 92.3 cm³/mol. The van der Waals surface area contributed by atoms with Gasteiger partial charge in [-0.25, -0.2) is 9.78 Å². The normalized spacial score (nSPS) is 10.8. The van der Waals surface area contributed by atoms with Crippen LogP contribution in [0.25, 0.3) is 5.69 Å². The molecule has 7 nitrogen and oxygen atoms in total. The van der Waals surface area contributed by atoms with Crippen LogP contribution in [0.5, 0.6) is 5.88 Å². The maximum Gasteiger partial charge on any atom is 0.368 e. The molecule has 24 heavy (non-hydrogen) atoms. The molecular weight excluding hydrogens is 374 g/mol. The van der Waals surface area contributed by atoms with Crippen molar-refractivity contribution in [2.24, 2.45) is 7.05 Å². The van der Waals surface area contributed by atoms with Crippen LogP contribution in [0.1, 0.15) is 16.8 Å². The smallest absolute Gasteiger partial charge is 0.368 e. The molecule has 0 saturated heterocycles. The second kappa shape index (κ2) is 6.56. The van der Waals surface area contributed by atoms with E-state index in [1.807, 2.05) is 38.1 Å². The van der Waals surface area contributed by atoms with Crippen LogP contribution in [-0.4, -0.2) is 24.8 Å². The molecule has 0 aliphatic heterocycles. The minimum absolute atomic E-state index is 0.277. The largest absolute Gasteiger partial charge is 0.473 e. The minimum atomic E-state index is -0.306. The Balaban J connectivity index is 1.94. The summed E-state index contributed by atoms with van der Waals surface area (Å²) in [4.78, 5) is 16.5. The minimum Gasteiger partial charge on any atom is -0.473 e. The fourth-order valence-corrected chi connectivity index (χ4v) is 2.51. The molecule has 8 heteroatoms. The highest BCUT2D eigenvalue weighted by Crippen LogP contribution is 2.21. The van der Waals surface area contributed by atoms with Crippen molar-refractivity contribution >= 4 is 15.9 Å². The van der Waals surface area contributed by atoms with Gasteiger partial charge in [0, 0.05) is 23.2 Å². The number of benzene rings is 1. The molecule has 0 bridgehead atoms. The summed E-state index contributed by atoms with van der Waals surface area (Å²) in [5.74, 6) is 0.524. The van der Waals surface area contributed by atoms with Gasteiger partial charge in [-0.3, -0.25) is 0 Å². The van der Waals surface area contributed by atoms with Gasteiger partial charge in [-0.05, 0) is 57.9 Å². The highest BCUT2D eigenvalue weighted by atomic mass is 79.9. The fraction of sp³-hybridized carbons (Fsp3) is 0.250. The van der Waals surface area contributed by atoms with Crippen molar-refractivity contribution in [3.05, 3.63) is 62.1 Å². The van der Waals surface area contributed by atoms with Crippen molar-refractivity contribution in [1.29, 1.82) is 0 Å². The highest BCUT2D eigenvalue weighted by Gasteiger charge is 2.13. The highest BCUT2D eigenvalue weighted by molar-refractivity contribution is 9.10. The number of hydrogen-bond acceptors (Lipinski definition) is 5. The van der Waals surface area contributed by atoms with Gasteiger partial charge in [-0.2, -0.15) is 9.36 Å². The predicted octanol–water partition coefficient (Wildman–Crippen LogP) is 2.32. The number of pyridine rings is 1. The SMILES string of the molecule is Cc1cccc(-n2nnn(C)c2=O)c1COc1ccc(Br)c(C)n1. The third-order valence-electron chi connectivity index (χ3n) is 3.70. The molecule has 0 aliphatic rings. The Kier molecular flexibility index (Phi) is 4.48. The summed E-state index contributed by atoms with van der Waals surface area (Å²) >= 11 is 3.42. The molecule has 124 valence electrons. The van der Waals surface area contributed by atoms with Gasteiger partial charge >= 0.3 is 5.69 Å². The topological polar surface area (TPSA) is 74.8 Å². The molecule has 3 rings (SSSR count). The van der Waals surface area contributed by atoms with E-state index >= 15 is 0 Å². The maximum absolute atomic E-state index is 12.1. The standard InChI is InChI=1S/C16H16BrN5O2/c1-10-5-4-6-14(22-16(23)21(3)19-20-22)12(10)9-24-15-8-7-13(17)11(2)18-15/h4-8H,9H2,1-3H3. The summed E-state index contributed by atoms with van der Waals surface area (Å²) in [7, 11) is 1.56. The number of hydrogen-bond donors (Lipinski definition) is 0. The van der Waals surface area contributed by atoms with Crippen LogP contribution >= 0.6 is 15.9 Å². The molecule has 2 heterocycles. The summed E-state index contributed by atoms with van der Waals surface area (Å²) in [5, 5.41) is 7.67. The van der Waals surface area contributed by atoms with E-state index in [0.717, 1.165) is 21.3 Å². The van der Waals surface area contributed by atoms with E-state index in [2.05, 4.69) is 31.3 Å². The maximum atomic E-state index is 12.1. The first-order valence-corrected chi connectivity index (χ1v) is 8.10. The lowest BCUT2D eigenvalue weighted by Gasteiger charge is -2.12. The van der Waals surface area contributed by atoms with Gasteiger partial charge in [0.25, 0.3) is 0 Å². The first-order chi connectivity index (χ1) is 11.5. The molecule has 0 unspecified atom stereocenters. The molecule has 0 saturated carbocycles. The average molecular weight is 390 g/mol. The lowest BCUT2D eigenvalue weighted by Crippen LogP contribution is -2.23. The number of aryl methyl sites for hydroxylation is 3. The lowest BCUT2D eigenvalue weighted by molar-refractivity contribution is 0.292. The molecule has 2 aromatic heterocycles. The molecular formula is C16H16BrN5O2. The average Bonchev–Trinajstić information content (AvgIpc) is 2.89.